The Balaban J connectivity index is 1.57. The predicted octanol–water partition coefficient (Wildman–Crippen LogP) is 4.45. The summed E-state index contributed by atoms with van der Waals surface area (Å²) < 4.78 is 31.4. The van der Waals surface area contributed by atoms with Gasteiger partial charge in [-0.1, -0.05) is 41.4 Å². The summed E-state index contributed by atoms with van der Waals surface area (Å²) in [7, 11) is -3.66. The Morgan fingerprint density at radius 1 is 1.09 bits per heavy atom. The highest BCUT2D eigenvalue weighted by Gasteiger charge is 2.22. The lowest BCUT2D eigenvalue weighted by Crippen LogP contribution is -2.39. The molecule has 1 N–H and O–H groups in total. The number of carbonyl (C=O) groups is 1. The SMILES string of the molecule is Cc1ccc(N(CC(=O)N/N=C\c2ccc(OCc3cccc(Cl)c3)cc2)S(C)(=O)=O)c(C)c1. The van der Waals surface area contributed by atoms with Crippen molar-refractivity contribution in [1.29, 1.82) is 0 Å². The highest BCUT2D eigenvalue weighted by atomic mass is 35.5. The lowest BCUT2D eigenvalue weighted by molar-refractivity contribution is -0.119. The quantitative estimate of drug-likeness (QED) is 0.348. The van der Waals surface area contributed by atoms with Crippen LogP contribution in [0, 0.1) is 13.8 Å². The molecule has 0 aliphatic rings. The van der Waals surface area contributed by atoms with Gasteiger partial charge in [0, 0.05) is 5.02 Å². The van der Waals surface area contributed by atoms with Crippen molar-refractivity contribution in [3.05, 3.63) is 94.0 Å². The van der Waals surface area contributed by atoms with Crippen LogP contribution in [0.2, 0.25) is 5.02 Å². The summed E-state index contributed by atoms with van der Waals surface area (Å²) in [5.41, 5.74) is 6.31. The molecule has 178 valence electrons. The van der Waals surface area contributed by atoms with E-state index in [2.05, 4.69) is 10.5 Å². The fourth-order valence-electron chi connectivity index (χ4n) is 3.25. The minimum atomic E-state index is -3.66. The van der Waals surface area contributed by atoms with Crippen LogP contribution in [0.3, 0.4) is 0 Å². The van der Waals surface area contributed by atoms with Gasteiger partial charge in [-0.3, -0.25) is 9.10 Å². The van der Waals surface area contributed by atoms with Crippen molar-refractivity contribution >= 4 is 39.4 Å². The normalized spacial score (nSPS) is 11.4. The van der Waals surface area contributed by atoms with Gasteiger partial charge in [-0.2, -0.15) is 5.10 Å². The first kappa shape index (κ1) is 25.3. The highest BCUT2D eigenvalue weighted by molar-refractivity contribution is 7.92. The van der Waals surface area contributed by atoms with E-state index >= 15 is 0 Å². The molecule has 0 aromatic heterocycles. The van der Waals surface area contributed by atoms with Gasteiger partial charge in [-0.05, 0) is 73.0 Å². The molecule has 0 aliphatic heterocycles. The van der Waals surface area contributed by atoms with Crippen molar-refractivity contribution in [2.24, 2.45) is 5.10 Å². The third-order valence-electron chi connectivity index (χ3n) is 4.89. The molecule has 0 saturated carbocycles. The number of anilines is 1. The number of nitrogens with one attached hydrogen (secondary N) is 1. The summed E-state index contributed by atoms with van der Waals surface area (Å²) in [6.45, 7) is 3.73. The molecular weight excluding hydrogens is 474 g/mol. The molecule has 9 heteroatoms. The Hall–Kier alpha value is -3.36. The first-order valence-corrected chi connectivity index (χ1v) is 12.7. The number of halogens is 1. The van der Waals surface area contributed by atoms with Crippen molar-refractivity contribution in [3.63, 3.8) is 0 Å². The van der Waals surface area contributed by atoms with E-state index in [9.17, 15) is 13.2 Å². The lowest BCUT2D eigenvalue weighted by atomic mass is 10.1. The summed E-state index contributed by atoms with van der Waals surface area (Å²) in [6, 6.07) is 20.0. The summed E-state index contributed by atoms with van der Waals surface area (Å²) >= 11 is 5.98. The molecule has 3 aromatic rings. The number of rotatable bonds is 9. The van der Waals surface area contributed by atoms with Gasteiger partial charge in [0.05, 0.1) is 18.2 Å². The second-order valence-corrected chi connectivity index (χ2v) is 10.2. The zero-order valence-corrected chi connectivity index (χ0v) is 20.7. The molecule has 3 rings (SSSR count). The largest absolute Gasteiger partial charge is 0.489 e. The summed E-state index contributed by atoms with van der Waals surface area (Å²) in [6.07, 6.45) is 2.54. The number of ether oxygens (including phenoxy) is 1. The van der Waals surface area contributed by atoms with Gasteiger partial charge in [-0.15, -0.1) is 0 Å². The molecular formula is C25H26ClN3O4S. The van der Waals surface area contributed by atoms with Crippen molar-refractivity contribution < 1.29 is 17.9 Å². The number of carbonyl (C=O) groups excluding carboxylic acids is 1. The average Bonchev–Trinajstić information content (AvgIpc) is 2.77. The van der Waals surface area contributed by atoms with Crippen LogP contribution in [-0.2, 0) is 21.4 Å². The molecule has 1 amide bonds. The number of benzene rings is 3. The maximum absolute atomic E-state index is 12.4. The fraction of sp³-hybridized carbons (Fsp3) is 0.200. The van der Waals surface area contributed by atoms with Crippen LogP contribution in [0.5, 0.6) is 5.75 Å². The Kier molecular flexibility index (Phi) is 8.31. The van der Waals surface area contributed by atoms with Gasteiger partial charge in [-0.25, -0.2) is 13.8 Å². The van der Waals surface area contributed by atoms with Gasteiger partial charge < -0.3 is 4.74 Å². The second kappa shape index (κ2) is 11.2. The molecule has 0 fully saturated rings. The molecule has 7 nitrogen and oxygen atoms in total. The topological polar surface area (TPSA) is 88.1 Å². The molecule has 0 bridgehead atoms. The number of hydrogen-bond donors (Lipinski definition) is 1. The smallest absolute Gasteiger partial charge is 0.260 e. The molecule has 0 heterocycles. The molecule has 0 saturated heterocycles. The molecule has 0 radical (unpaired) electrons. The Morgan fingerprint density at radius 3 is 2.47 bits per heavy atom. The first-order chi connectivity index (χ1) is 16.1. The molecule has 3 aromatic carbocycles. The van der Waals surface area contributed by atoms with Crippen LogP contribution in [0.1, 0.15) is 22.3 Å². The third-order valence-corrected chi connectivity index (χ3v) is 6.25. The van der Waals surface area contributed by atoms with Crippen molar-refractivity contribution in [2.45, 2.75) is 20.5 Å². The van der Waals surface area contributed by atoms with E-state index in [4.69, 9.17) is 16.3 Å². The Bertz CT molecular complexity index is 1290. The van der Waals surface area contributed by atoms with Crippen molar-refractivity contribution in [2.75, 3.05) is 17.1 Å². The third kappa shape index (κ3) is 7.33. The monoisotopic (exact) mass is 499 g/mol. The summed E-state index contributed by atoms with van der Waals surface area (Å²) in [4.78, 5) is 12.4. The maximum atomic E-state index is 12.4. The zero-order valence-electron chi connectivity index (χ0n) is 19.2. The number of sulfonamides is 1. The molecule has 0 unspecified atom stereocenters. The van der Waals surface area contributed by atoms with Crippen LogP contribution >= 0.6 is 11.6 Å². The van der Waals surface area contributed by atoms with Crippen molar-refractivity contribution in [1.82, 2.24) is 5.43 Å². The minimum absolute atomic E-state index is 0.379. The number of hydrazone groups is 1. The van der Waals surface area contributed by atoms with E-state index in [1.54, 1.807) is 49.4 Å². The zero-order chi connectivity index (χ0) is 24.7. The number of aryl methyl sites for hydroxylation is 2. The van der Waals surface area contributed by atoms with Crippen LogP contribution < -0.4 is 14.5 Å². The van der Waals surface area contributed by atoms with Gasteiger partial charge in [0.15, 0.2) is 0 Å². The van der Waals surface area contributed by atoms with E-state index in [0.29, 0.717) is 23.1 Å². The summed E-state index contributed by atoms with van der Waals surface area (Å²) in [5.74, 6) is 0.126. The van der Waals surface area contributed by atoms with E-state index in [0.717, 1.165) is 32.8 Å². The second-order valence-electron chi connectivity index (χ2n) is 7.84. The first-order valence-electron chi connectivity index (χ1n) is 10.5. The van der Waals surface area contributed by atoms with E-state index in [1.165, 1.54) is 6.21 Å². The average molecular weight is 500 g/mol. The van der Waals surface area contributed by atoms with Crippen molar-refractivity contribution in [3.8, 4) is 5.75 Å². The van der Waals surface area contributed by atoms with E-state index in [-0.39, 0.29) is 6.54 Å². The highest BCUT2D eigenvalue weighted by Crippen LogP contribution is 2.23. The minimum Gasteiger partial charge on any atom is -0.489 e. The van der Waals surface area contributed by atoms with E-state index in [1.807, 2.05) is 31.2 Å². The Labute approximate surface area is 205 Å². The van der Waals surface area contributed by atoms with Crippen LogP contribution in [0.25, 0.3) is 0 Å². The van der Waals surface area contributed by atoms with Gasteiger partial charge in [0.25, 0.3) is 5.91 Å². The molecule has 0 aliphatic carbocycles. The number of nitrogens with zero attached hydrogens (tertiary/aromatic N) is 2. The molecule has 0 atom stereocenters. The lowest BCUT2D eigenvalue weighted by Gasteiger charge is -2.23. The van der Waals surface area contributed by atoms with Crippen LogP contribution in [0.4, 0.5) is 5.69 Å². The van der Waals surface area contributed by atoms with Crippen LogP contribution in [0.15, 0.2) is 71.8 Å². The predicted molar refractivity (Wildman–Crippen MR) is 136 cm³/mol. The fourth-order valence-corrected chi connectivity index (χ4v) is 4.38. The van der Waals surface area contributed by atoms with Gasteiger partial charge in [0.1, 0.15) is 18.9 Å². The standard InChI is InChI=1S/C25H26ClN3O4S/c1-18-7-12-24(19(2)13-18)29(34(3,31)32)16-25(30)28-27-15-20-8-10-23(11-9-20)33-17-21-5-4-6-22(26)14-21/h4-15H,16-17H2,1-3H3,(H,28,30)/b27-15-. The number of amides is 1. The van der Waals surface area contributed by atoms with E-state index < -0.39 is 15.9 Å². The van der Waals surface area contributed by atoms with Crippen LogP contribution in [-0.4, -0.2) is 33.3 Å². The summed E-state index contributed by atoms with van der Waals surface area (Å²) in [5, 5.41) is 4.59. The Morgan fingerprint density at radius 2 is 1.82 bits per heavy atom. The van der Waals surface area contributed by atoms with Gasteiger partial charge in [0.2, 0.25) is 10.0 Å². The number of hydrogen-bond acceptors (Lipinski definition) is 5. The maximum Gasteiger partial charge on any atom is 0.260 e. The molecule has 34 heavy (non-hydrogen) atoms. The van der Waals surface area contributed by atoms with Gasteiger partial charge >= 0.3 is 0 Å². The molecule has 0 spiro atoms.